The Kier molecular flexibility index (Phi) is 4.89. The molecule has 0 amide bonds. The zero-order chi connectivity index (χ0) is 14.8. The first-order valence-electron chi connectivity index (χ1n) is 5.75. The van der Waals surface area contributed by atoms with Gasteiger partial charge in [0.25, 0.3) is 5.69 Å². The first-order valence-corrected chi connectivity index (χ1v) is 6.90. The highest BCUT2D eigenvalue weighted by Crippen LogP contribution is 2.25. The van der Waals surface area contributed by atoms with Crippen molar-refractivity contribution in [2.24, 2.45) is 0 Å². The van der Waals surface area contributed by atoms with Crippen LogP contribution in [0.15, 0.2) is 18.2 Å². The van der Waals surface area contributed by atoms with Crippen molar-refractivity contribution in [3.05, 3.63) is 39.7 Å². The van der Waals surface area contributed by atoms with E-state index < -0.39 is 32.9 Å². The molecule has 1 aromatic carbocycles. The van der Waals surface area contributed by atoms with E-state index in [-0.39, 0.29) is 11.3 Å². The molecular formula is C12H17FN2O3S. The number of halogens is 1. The van der Waals surface area contributed by atoms with Crippen LogP contribution >= 0.6 is 0 Å². The van der Waals surface area contributed by atoms with Crippen molar-refractivity contribution < 1.29 is 13.9 Å². The lowest BCUT2D eigenvalue weighted by Crippen LogP contribution is -2.40. The van der Waals surface area contributed by atoms with Crippen LogP contribution in [0.3, 0.4) is 0 Å². The van der Waals surface area contributed by atoms with Crippen LogP contribution in [0.25, 0.3) is 0 Å². The zero-order valence-electron chi connectivity index (χ0n) is 11.3. The SMILES string of the molecule is CC(N[S+]([O-])C(C)(C)C)c1cc([N+](=O)[O-])ccc1F. The smallest absolute Gasteiger partial charge is 0.269 e. The molecule has 0 aliphatic rings. The van der Waals surface area contributed by atoms with E-state index in [0.717, 1.165) is 18.2 Å². The summed E-state index contributed by atoms with van der Waals surface area (Å²) in [6, 6.07) is 2.73. The Morgan fingerprint density at radius 3 is 2.47 bits per heavy atom. The summed E-state index contributed by atoms with van der Waals surface area (Å²) in [5.41, 5.74) is -0.0570. The fraction of sp³-hybridized carbons (Fsp3) is 0.500. The second-order valence-electron chi connectivity index (χ2n) is 5.18. The molecule has 0 spiro atoms. The lowest BCUT2D eigenvalue weighted by molar-refractivity contribution is -0.385. The molecule has 0 bridgehead atoms. The topological polar surface area (TPSA) is 78.2 Å². The van der Waals surface area contributed by atoms with E-state index >= 15 is 0 Å². The minimum atomic E-state index is -1.38. The predicted octanol–water partition coefficient (Wildman–Crippen LogP) is 2.85. The third-order valence-electron chi connectivity index (χ3n) is 2.50. The molecule has 0 radical (unpaired) electrons. The number of benzene rings is 1. The molecular weight excluding hydrogens is 271 g/mol. The number of nitrogens with zero attached hydrogens (tertiary/aromatic N) is 1. The predicted molar refractivity (Wildman–Crippen MR) is 72.5 cm³/mol. The molecule has 0 saturated carbocycles. The summed E-state index contributed by atoms with van der Waals surface area (Å²) in [6.45, 7) is 6.97. The molecule has 0 aromatic heterocycles. The summed E-state index contributed by atoms with van der Waals surface area (Å²) in [7, 11) is 0. The Bertz CT molecular complexity index is 477. The molecule has 2 unspecified atom stereocenters. The van der Waals surface area contributed by atoms with Gasteiger partial charge in [0.05, 0.1) is 11.0 Å². The van der Waals surface area contributed by atoms with Crippen LogP contribution in [0.4, 0.5) is 10.1 Å². The van der Waals surface area contributed by atoms with Gasteiger partial charge in [-0.2, -0.15) is 0 Å². The lowest BCUT2D eigenvalue weighted by Gasteiger charge is -2.26. The van der Waals surface area contributed by atoms with E-state index in [1.807, 2.05) is 0 Å². The Morgan fingerprint density at radius 1 is 1.42 bits per heavy atom. The van der Waals surface area contributed by atoms with Crippen LogP contribution in [0.1, 0.15) is 39.3 Å². The van der Waals surface area contributed by atoms with Gasteiger partial charge in [-0.25, -0.2) is 4.39 Å². The zero-order valence-corrected chi connectivity index (χ0v) is 12.1. The third-order valence-corrected chi connectivity index (χ3v) is 4.18. The molecule has 1 N–H and O–H groups in total. The summed E-state index contributed by atoms with van der Waals surface area (Å²) >= 11 is -1.38. The van der Waals surface area contributed by atoms with Crippen molar-refractivity contribution in [3.8, 4) is 0 Å². The summed E-state index contributed by atoms with van der Waals surface area (Å²) in [5.74, 6) is -0.559. The van der Waals surface area contributed by atoms with Gasteiger partial charge in [-0.3, -0.25) is 10.1 Å². The van der Waals surface area contributed by atoms with Crippen LogP contribution in [0.2, 0.25) is 0 Å². The van der Waals surface area contributed by atoms with Crippen molar-refractivity contribution in [1.29, 1.82) is 0 Å². The number of nitro benzene ring substituents is 1. The van der Waals surface area contributed by atoms with Crippen molar-refractivity contribution in [2.45, 2.75) is 38.5 Å². The number of rotatable bonds is 4. The first kappa shape index (κ1) is 15.9. The molecule has 0 aliphatic heterocycles. The Labute approximate surface area is 114 Å². The number of hydrogen-bond donors (Lipinski definition) is 1. The molecule has 0 heterocycles. The normalized spacial score (nSPS) is 15.1. The standard InChI is InChI=1S/C12H17FN2O3S/c1-8(14-19(18)12(2,3)4)10-7-9(15(16)17)5-6-11(10)13/h5-8,14H,1-4H3. The Balaban J connectivity index is 2.96. The lowest BCUT2D eigenvalue weighted by atomic mass is 10.1. The van der Waals surface area contributed by atoms with Crippen molar-refractivity contribution >= 4 is 17.0 Å². The molecule has 19 heavy (non-hydrogen) atoms. The maximum absolute atomic E-state index is 13.7. The highest BCUT2D eigenvalue weighted by Gasteiger charge is 2.29. The van der Waals surface area contributed by atoms with Gasteiger partial charge in [-0.1, -0.05) is 0 Å². The van der Waals surface area contributed by atoms with E-state index in [9.17, 15) is 19.1 Å². The first-order chi connectivity index (χ1) is 8.62. The van der Waals surface area contributed by atoms with Crippen molar-refractivity contribution in [1.82, 2.24) is 4.72 Å². The maximum atomic E-state index is 13.7. The van der Waals surface area contributed by atoms with Crippen molar-refractivity contribution in [3.63, 3.8) is 0 Å². The third kappa shape index (κ3) is 4.15. The maximum Gasteiger partial charge on any atom is 0.269 e. The monoisotopic (exact) mass is 288 g/mol. The largest absolute Gasteiger partial charge is 0.598 e. The Hall–Kier alpha value is -1.18. The van der Waals surface area contributed by atoms with Crippen molar-refractivity contribution in [2.75, 3.05) is 0 Å². The molecule has 7 heteroatoms. The van der Waals surface area contributed by atoms with Crippen LogP contribution in [-0.4, -0.2) is 14.2 Å². The summed E-state index contributed by atoms with van der Waals surface area (Å²) < 4.78 is 27.8. The van der Waals surface area contributed by atoms with Gasteiger partial charge in [0, 0.05) is 29.1 Å². The van der Waals surface area contributed by atoms with Crippen LogP contribution in [0.5, 0.6) is 0 Å². The fourth-order valence-electron chi connectivity index (χ4n) is 1.38. The minimum Gasteiger partial charge on any atom is -0.598 e. The van der Waals surface area contributed by atoms with Crippen LogP contribution < -0.4 is 4.72 Å². The fourth-order valence-corrected chi connectivity index (χ4v) is 2.18. The average molecular weight is 288 g/mol. The molecule has 1 rings (SSSR count). The van der Waals surface area contributed by atoms with Gasteiger partial charge in [0.2, 0.25) is 0 Å². The molecule has 5 nitrogen and oxygen atoms in total. The van der Waals surface area contributed by atoms with E-state index in [4.69, 9.17) is 0 Å². The van der Waals surface area contributed by atoms with Crippen LogP contribution in [-0.2, 0) is 11.4 Å². The highest BCUT2D eigenvalue weighted by molar-refractivity contribution is 7.90. The molecule has 0 saturated heterocycles. The quantitative estimate of drug-likeness (QED) is 0.525. The highest BCUT2D eigenvalue weighted by atomic mass is 32.2. The van der Waals surface area contributed by atoms with E-state index in [0.29, 0.717) is 0 Å². The van der Waals surface area contributed by atoms with E-state index in [1.165, 1.54) is 0 Å². The number of nitro groups is 1. The average Bonchev–Trinajstić information content (AvgIpc) is 2.27. The van der Waals surface area contributed by atoms with E-state index in [2.05, 4.69) is 4.72 Å². The second-order valence-corrected chi connectivity index (χ2v) is 7.18. The van der Waals surface area contributed by atoms with E-state index in [1.54, 1.807) is 27.7 Å². The molecule has 2 atom stereocenters. The second kappa shape index (κ2) is 5.85. The summed E-state index contributed by atoms with van der Waals surface area (Å²) in [6.07, 6.45) is 0. The molecule has 0 fully saturated rings. The number of non-ortho nitro benzene ring substituents is 1. The number of nitrogens with one attached hydrogen (secondary N) is 1. The van der Waals surface area contributed by atoms with Gasteiger partial charge < -0.3 is 4.55 Å². The van der Waals surface area contributed by atoms with Gasteiger partial charge in [0.1, 0.15) is 10.6 Å². The van der Waals surface area contributed by atoms with Gasteiger partial charge in [-0.15, -0.1) is 4.72 Å². The minimum absolute atomic E-state index is 0.131. The Morgan fingerprint density at radius 2 is 2.00 bits per heavy atom. The molecule has 1 aromatic rings. The van der Waals surface area contributed by atoms with Gasteiger partial charge in [0.15, 0.2) is 0 Å². The molecule has 106 valence electrons. The molecule has 0 aliphatic carbocycles. The van der Waals surface area contributed by atoms with Gasteiger partial charge >= 0.3 is 0 Å². The summed E-state index contributed by atoms with van der Waals surface area (Å²) in [5, 5.41) is 10.7. The van der Waals surface area contributed by atoms with Gasteiger partial charge in [-0.05, 0) is 33.8 Å². The van der Waals surface area contributed by atoms with Crippen LogP contribution in [0, 0.1) is 15.9 Å². The summed E-state index contributed by atoms with van der Waals surface area (Å²) in [4.78, 5) is 10.1. The number of hydrogen-bond acceptors (Lipinski definition) is 4.